The lowest BCUT2D eigenvalue weighted by molar-refractivity contribution is -0.115. The second-order valence-electron chi connectivity index (χ2n) is 6.42. The summed E-state index contributed by atoms with van der Waals surface area (Å²) in [5.74, 6) is -0.257. The van der Waals surface area contributed by atoms with Crippen LogP contribution >= 0.6 is 24.4 Å². The van der Waals surface area contributed by atoms with Gasteiger partial charge < -0.3 is 16.0 Å². The quantitative estimate of drug-likeness (QED) is 0.574. The summed E-state index contributed by atoms with van der Waals surface area (Å²) in [7, 11) is 0. The number of anilines is 2. The van der Waals surface area contributed by atoms with Crippen LogP contribution in [0.25, 0.3) is 0 Å². The molecule has 2 aromatic rings. The molecular formula is C20H23N3O2S2. The van der Waals surface area contributed by atoms with Gasteiger partial charge in [0.1, 0.15) is 0 Å². The van der Waals surface area contributed by atoms with Crippen LogP contribution in [-0.2, 0) is 4.79 Å². The number of rotatable bonds is 2. The first-order valence-electron chi connectivity index (χ1n) is 8.95. The van der Waals surface area contributed by atoms with Gasteiger partial charge in [-0.25, -0.2) is 0 Å². The minimum absolute atomic E-state index is 0.0422. The molecule has 2 heterocycles. The van der Waals surface area contributed by atoms with Gasteiger partial charge in [0.2, 0.25) is 5.91 Å². The number of benzene rings is 2. The Balaban J connectivity index is 0.000000364. The van der Waals surface area contributed by atoms with Crippen LogP contribution in [0, 0.1) is 0 Å². The lowest BCUT2D eigenvalue weighted by Crippen LogP contribution is -2.26. The first kappa shape index (κ1) is 19.8. The Bertz CT molecular complexity index is 813. The molecule has 1 unspecified atom stereocenters. The second-order valence-corrected chi connectivity index (χ2v) is 8.32. The van der Waals surface area contributed by atoms with Crippen LogP contribution in [0.3, 0.4) is 0 Å². The van der Waals surface area contributed by atoms with Gasteiger partial charge in [0, 0.05) is 21.0 Å². The van der Waals surface area contributed by atoms with E-state index < -0.39 is 0 Å². The summed E-state index contributed by atoms with van der Waals surface area (Å²) in [5, 5.41) is 8.75. The van der Waals surface area contributed by atoms with Crippen molar-refractivity contribution < 1.29 is 9.59 Å². The summed E-state index contributed by atoms with van der Waals surface area (Å²) < 4.78 is 0. The fourth-order valence-corrected chi connectivity index (χ4v) is 3.80. The number of carbonyl (C=O) groups excluding carboxylic acids is 2. The van der Waals surface area contributed by atoms with E-state index in [1.165, 1.54) is 37.7 Å². The minimum Gasteiger partial charge on any atom is -0.324 e. The van der Waals surface area contributed by atoms with Gasteiger partial charge in [-0.1, -0.05) is 0 Å². The molecule has 0 radical (unpaired) electrons. The lowest BCUT2D eigenvalue weighted by atomic mass is 10.1. The first-order valence-corrected chi connectivity index (χ1v) is 10.3. The fraction of sp³-hybridized carbons (Fsp3) is 0.300. The van der Waals surface area contributed by atoms with E-state index in [0.29, 0.717) is 16.9 Å². The van der Waals surface area contributed by atoms with Crippen molar-refractivity contribution in [2.75, 3.05) is 23.7 Å². The third-order valence-corrected chi connectivity index (χ3v) is 5.73. The number of hydrogen-bond acceptors (Lipinski definition) is 5. The smallest absolute Gasteiger partial charge is 0.255 e. The molecule has 142 valence electrons. The maximum Gasteiger partial charge on any atom is 0.255 e. The van der Waals surface area contributed by atoms with Crippen molar-refractivity contribution in [3.63, 3.8) is 0 Å². The van der Waals surface area contributed by atoms with Crippen molar-refractivity contribution in [1.29, 1.82) is 0 Å². The normalized spacial score (nSPS) is 18.0. The fourth-order valence-electron chi connectivity index (χ4n) is 2.72. The third-order valence-electron chi connectivity index (χ3n) is 4.25. The number of thiol groups is 1. The summed E-state index contributed by atoms with van der Waals surface area (Å²) in [4.78, 5) is 25.8. The van der Waals surface area contributed by atoms with Crippen molar-refractivity contribution >= 4 is 47.6 Å². The van der Waals surface area contributed by atoms with Crippen LogP contribution < -0.4 is 16.0 Å². The van der Waals surface area contributed by atoms with Crippen LogP contribution in [0.15, 0.2) is 52.3 Å². The number of nitrogens with one attached hydrogen (secondary N) is 3. The number of carbonyl (C=O) groups is 2. The van der Waals surface area contributed by atoms with Crippen molar-refractivity contribution in [3.05, 3.63) is 48.0 Å². The van der Waals surface area contributed by atoms with E-state index in [0.717, 1.165) is 9.79 Å². The van der Waals surface area contributed by atoms with Crippen molar-refractivity contribution in [3.8, 4) is 0 Å². The van der Waals surface area contributed by atoms with Crippen LogP contribution in [0.5, 0.6) is 0 Å². The van der Waals surface area contributed by atoms with E-state index in [-0.39, 0.29) is 17.1 Å². The van der Waals surface area contributed by atoms with Gasteiger partial charge in [-0.05, 0) is 75.3 Å². The van der Waals surface area contributed by atoms with Crippen molar-refractivity contribution in [1.82, 2.24) is 5.32 Å². The molecule has 0 bridgehead atoms. The van der Waals surface area contributed by atoms with Gasteiger partial charge in [-0.15, -0.1) is 24.4 Å². The van der Waals surface area contributed by atoms with Gasteiger partial charge in [0.15, 0.2) is 0 Å². The number of fused-ring (bicyclic) bond motifs is 1. The molecule has 2 aliphatic rings. The van der Waals surface area contributed by atoms with E-state index in [4.69, 9.17) is 0 Å². The van der Waals surface area contributed by atoms with Crippen LogP contribution in [-0.4, -0.2) is 30.2 Å². The standard InChI is InChI=1S/C16H14N2O2S2.C4H9N/c1-9-15(19)18-13-8-10(2-7-14(13)22-9)16(20)17-11-3-5-12(21)6-4-11;1-2-4-5-3-1/h2-9,21H,1H3,(H,17,20)(H,18,19);5H,1-4H2. The lowest BCUT2D eigenvalue weighted by Gasteiger charge is -2.21. The van der Waals surface area contributed by atoms with Crippen LogP contribution in [0.2, 0.25) is 0 Å². The van der Waals surface area contributed by atoms with E-state index >= 15 is 0 Å². The summed E-state index contributed by atoms with van der Waals surface area (Å²) in [6.07, 6.45) is 2.78. The molecule has 1 atom stereocenters. The Morgan fingerprint density at radius 2 is 1.85 bits per heavy atom. The Morgan fingerprint density at radius 3 is 2.48 bits per heavy atom. The minimum atomic E-state index is -0.215. The predicted molar refractivity (Wildman–Crippen MR) is 114 cm³/mol. The molecule has 2 aliphatic heterocycles. The maximum atomic E-state index is 12.3. The van der Waals surface area contributed by atoms with E-state index in [1.54, 1.807) is 24.3 Å². The zero-order valence-corrected chi connectivity index (χ0v) is 16.8. The molecule has 2 aromatic carbocycles. The molecule has 7 heteroatoms. The van der Waals surface area contributed by atoms with E-state index in [2.05, 4.69) is 28.6 Å². The summed E-state index contributed by atoms with van der Waals surface area (Å²) >= 11 is 5.70. The molecule has 0 aromatic heterocycles. The van der Waals surface area contributed by atoms with E-state index in [1.807, 2.05) is 25.1 Å². The Kier molecular flexibility index (Phi) is 6.82. The van der Waals surface area contributed by atoms with Crippen molar-refractivity contribution in [2.45, 2.75) is 34.8 Å². The highest BCUT2D eigenvalue weighted by Gasteiger charge is 2.23. The monoisotopic (exact) mass is 401 g/mol. The van der Waals surface area contributed by atoms with Gasteiger partial charge in [-0.2, -0.15) is 0 Å². The Hall–Kier alpha value is -1.96. The zero-order chi connectivity index (χ0) is 19.2. The highest BCUT2D eigenvalue weighted by molar-refractivity contribution is 8.00. The first-order chi connectivity index (χ1) is 13.0. The molecule has 27 heavy (non-hydrogen) atoms. The predicted octanol–water partition coefficient (Wildman–Crippen LogP) is 4.03. The molecule has 0 spiro atoms. The Morgan fingerprint density at radius 1 is 1.15 bits per heavy atom. The highest BCUT2D eigenvalue weighted by atomic mass is 32.2. The average molecular weight is 402 g/mol. The van der Waals surface area contributed by atoms with Gasteiger partial charge in [0.25, 0.3) is 5.91 Å². The molecule has 5 nitrogen and oxygen atoms in total. The summed E-state index contributed by atoms with van der Waals surface area (Å²) in [5.41, 5.74) is 1.89. The molecule has 1 fully saturated rings. The molecule has 4 rings (SSSR count). The van der Waals surface area contributed by atoms with Crippen molar-refractivity contribution in [2.24, 2.45) is 0 Å². The number of hydrogen-bond donors (Lipinski definition) is 4. The second kappa shape index (κ2) is 9.30. The van der Waals surface area contributed by atoms with Crippen LogP contribution in [0.4, 0.5) is 11.4 Å². The summed E-state index contributed by atoms with van der Waals surface area (Å²) in [6, 6.07) is 12.5. The molecule has 2 amide bonds. The molecule has 3 N–H and O–H groups in total. The molecule has 0 aliphatic carbocycles. The topological polar surface area (TPSA) is 70.2 Å². The van der Waals surface area contributed by atoms with E-state index in [9.17, 15) is 9.59 Å². The zero-order valence-electron chi connectivity index (χ0n) is 15.1. The molecule has 0 saturated carbocycles. The highest BCUT2D eigenvalue weighted by Crippen LogP contribution is 2.36. The van der Waals surface area contributed by atoms with Gasteiger partial charge in [-0.3, -0.25) is 9.59 Å². The summed E-state index contributed by atoms with van der Waals surface area (Å²) in [6.45, 7) is 4.36. The largest absolute Gasteiger partial charge is 0.324 e. The number of thioether (sulfide) groups is 1. The van der Waals surface area contributed by atoms with Crippen LogP contribution in [0.1, 0.15) is 30.1 Å². The number of amides is 2. The maximum absolute atomic E-state index is 12.3. The molecular weight excluding hydrogens is 378 g/mol. The van der Waals surface area contributed by atoms with Gasteiger partial charge in [0.05, 0.1) is 10.9 Å². The average Bonchev–Trinajstić information content (AvgIpc) is 3.24. The van der Waals surface area contributed by atoms with Gasteiger partial charge >= 0.3 is 0 Å². The molecule has 1 saturated heterocycles. The third kappa shape index (κ3) is 5.51. The SMILES string of the molecule is C1CCNC1.CC1Sc2ccc(C(=O)Nc3ccc(S)cc3)cc2NC1=O. The Labute approximate surface area is 169 Å².